The topological polar surface area (TPSA) is 99.0 Å². The Bertz CT molecular complexity index is 989. The molecule has 0 aliphatic carbocycles. The Hall–Kier alpha value is -2.49. The van der Waals surface area contributed by atoms with E-state index >= 15 is 0 Å². The van der Waals surface area contributed by atoms with Gasteiger partial charge in [-0.2, -0.15) is 4.68 Å². The van der Waals surface area contributed by atoms with Crippen LogP contribution in [0, 0.1) is 0 Å². The van der Waals surface area contributed by atoms with Crippen molar-refractivity contribution in [1.29, 1.82) is 0 Å². The third-order valence-electron chi connectivity index (χ3n) is 3.45. The van der Waals surface area contributed by atoms with Gasteiger partial charge < -0.3 is 4.74 Å². The number of halogens is 1. The van der Waals surface area contributed by atoms with Crippen LogP contribution in [0.15, 0.2) is 53.4 Å². The molecule has 0 amide bonds. The normalized spacial score (nSPS) is 11.5. The Morgan fingerprint density at radius 2 is 1.96 bits per heavy atom. The molecule has 1 N–H and O–H groups in total. The van der Waals surface area contributed by atoms with Crippen molar-refractivity contribution in [1.82, 2.24) is 24.9 Å². The van der Waals surface area contributed by atoms with Crippen LogP contribution in [-0.2, 0) is 16.6 Å². The van der Waals surface area contributed by atoms with Crippen molar-refractivity contribution in [2.45, 2.75) is 18.4 Å². The molecular formula is C16H16ClN5O3S. The molecule has 3 aromatic rings. The van der Waals surface area contributed by atoms with E-state index in [1.807, 2.05) is 6.92 Å². The van der Waals surface area contributed by atoms with E-state index < -0.39 is 10.0 Å². The van der Waals surface area contributed by atoms with Crippen molar-refractivity contribution >= 4 is 21.6 Å². The van der Waals surface area contributed by atoms with Crippen molar-refractivity contribution in [2.75, 3.05) is 6.61 Å². The van der Waals surface area contributed by atoms with E-state index in [1.54, 1.807) is 36.4 Å². The maximum absolute atomic E-state index is 12.4. The van der Waals surface area contributed by atoms with Gasteiger partial charge in [-0.05, 0) is 59.8 Å². The fourth-order valence-electron chi connectivity index (χ4n) is 2.24. The molecule has 0 radical (unpaired) electrons. The summed E-state index contributed by atoms with van der Waals surface area (Å²) in [4.78, 5) is 0.0742. The summed E-state index contributed by atoms with van der Waals surface area (Å²) in [6, 6.07) is 13.2. The van der Waals surface area contributed by atoms with Gasteiger partial charge in [0.2, 0.25) is 10.0 Å². The van der Waals surface area contributed by atoms with Crippen LogP contribution in [0.3, 0.4) is 0 Å². The zero-order chi connectivity index (χ0) is 18.6. The molecule has 0 atom stereocenters. The van der Waals surface area contributed by atoms with Crippen molar-refractivity contribution in [2.24, 2.45) is 0 Å². The summed E-state index contributed by atoms with van der Waals surface area (Å²) >= 11 is 5.85. The van der Waals surface area contributed by atoms with Crippen LogP contribution in [0.2, 0.25) is 5.02 Å². The molecule has 0 aliphatic rings. The highest BCUT2D eigenvalue weighted by atomic mass is 35.5. The van der Waals surface area contributed by atoms with Crippen LogP contribution in [0.4, 0.5) is 0 Å². The van der Waals surface area contributed by atoms with Crippen LogP contribution >= 0.6 is 11.6 Å². The average Bonchev–Trinajstić information content (AvgIpc) is 3.10. The predicted molar refractivity (Wildman–Crippen MR) is 95.8 cm³/mol. The lowest BCUT2D eigenvalue weighted by Gasteiger charge is -2.08. The first kappa shape index (κ1) is 18.3. The molecule has 0 fully saturated rings. The monoisotopic (exact) mass is 393 g/mol. The number of ether oxygens (including phenoxy) is 1. The van der Waals surface area contributed by atoms with E-state index in [4.69, 9.17) is 16.3 Å². The molecular weight excluding hydrogens is 378 g/mol. The van der Waals surface area contributed by atoms with Crippen LogP contribution in [0.25, 0.3) is 5.69 Å². The number of benzene rings is 2. The summed E-state index contributed by atoms with van der Waals surface area (Å²) in [6.07, 6.45) is 0. The Kier molecular flexibility index (Phi) is 5.50. The highest BCUT2D eigenvalue weighted by Gasteiger charge is 2.17. The van der Waals surface area contributed by atoms with E-state index in [1.165, 1.54) is 16.8 Å². The number of hydrogen-bond donors (Lipinski definition) is 1. The van der Waals surface area contributed by atoms with Gasteiger partial charge in [0.05, 0.1) is 23.7 Å². The van der Waals surface area contributed by atoms with Crippen molar-refractivity contribution in [3.8, 4) is 11.4 Å². The van der Waals surface area contributed by atoms with Gasteiger partial charge >= 0.3 is 0 Å². The van der Waals surface area contributed by atoms with Gasteiger partial charge in [-0.3, -0.25) is 0 Å². The van der Waals surface area contributed by atoms with Crippen molar-refractivity contribution < 1.29 is 13.2 Å². The van der Waals surface area contributed by atoms with E-state index in [2.05, 4.69) is 20.2 Å². The van der Waals surface area contributed by atoms with Gasteiger partial charge in [0.15, 0.2) is 5.82 Å². The Morgan fingerprint density at radius 1 is 1.19 bits per heavy atom. The van der Waals surface area contributed by atoms with Gasteiger partial charge in [0.1, 0.15) is 5.75 Å². The third kappa shape index (κ3) is 4.18. The second-order valence-corrected chi connectivity index (χ2v) is 7.42. The Labute approximate surface area is 155 Å². The number of nitrogens with one attached hydrogen (secondary N) is 1. The third-order valence-corrected chi connectivity index (χ3v) is 5.09. The van der Waals surface area contributed by atoms with Crippen LogP contribution in [0.1, 0.15) is 12.7 Å². The molecule has 0 spiro atoms. The quantitative estimate of drug-likeness (QED) is 0.660. The standard InChI is InChI=1S/C16H16ClN5O3S/c1-2-25-14-8-6-13(7-9-14)22-16(19-20-21-22)11-18-26(23,24)15-5-3-4-12(17)10-15/h3-10,18H,2,11H2,1H3. The number of sulfonamides is 1. The SMILES string of the molecule is CCOc1ccc(-n2nnnc2CNS(=O)(=O)c2cccc(Cl)c2)cc1. The first-order chi connectivity index (χ1) is 12.5. The highest BCUT2D eigenvalue weighted by Crippen LogP contribution is 2.17. The van der Waals surface area contributed by atoms with Gasteiger partial charge in [-0.25, -0.2) is 13.1 Å². The molecule has 0 bridgehead atoms. The fourth-order valence-corrected chi connectivity index (χ4v) is 3.52. The molecule has 0 saturated heterocycles. The average molecular weight is 394 g/mol. The molecule has 2 aromatic carbocycles. The van der Waals surface area contributed by atoms with Crippen LogP contribution < -0.4 is 9.46 Å². The molecule has 26 heavy (non-hydrogen) atoms. The zero-order valence-corrected chi connectivity index (χ0v) is 15.4. The van der Waals surface area contributed by atoms with E-state index in [0.717, 1.165) is 5.75 Å². The van der Waals surface area contributed by atoms with E-state index in [9.17, 15) is 8.42 Å². The largest absolute Gasteiger partial charge is 0.494 e. The first-order valence-electron chi connectivity index (χ1n) is 7.75. The summed E-state index contributed by atoms with van der Waals surface area (Å²) in [5, 5.41) is 11.8. The molecule has 1 heterocycles. The van der Waals surface area contributed by atoms with Gasteiger partial charge in [-0.1, -0.05) is 17.7 Å². The molecule has 1 aromatic heterocycles. The second kappa shape index (κ2) is 7.81. The van der Waals surface area contributed by atoms with Crippen LogP contribution in [0.5, 0.6) is 5.75 Å². The fraction of sp³-hybridized carbons (Fsp3) is 0.188. The lowest BCUT2D eigenvalue weighted by atomic mass is 10.3. The lowest BCUT2D eigenvalue weighted by molar-refractivity contribution is 0.340. The summed E-state index contributed by atoms with van der Waals surface area (Å²) in [5.74, 6) is 1.08. The highest BCUT2D eigenvalue weighted by molar-refractivity contribution is 7.89. The molecule has 10 heteroatoms. The number of hydrogen-bond acceptors (Lipinski definition) is 6. The second-order valence-electron chi connectivity index (χ2n) is 5.22. The first-order valence-corrected chi connectivity index (χ1v) is 9.61. The minimum absolute atomic E-state index is 0.0742. The summed E-state index contributed by atoms with van der Waals surface area (Å²) in [6.45, 7) is 2.40. The molecule has 3 rings (SSSR count). The minimum atomic E-state index is -3.74. The summed E-state index contributed by atoms with van der Waals surface area (Å²) in [7, 11) is -3.74. The van der Waals surface area contributed by atoms with Crippen molar-refractivity contribution in [3.63, 3.8) is 0 Å². The number of aromatic nitrogens is 4. The van der Waals surface area contributed by atoms with Crippen molar-refractivity contribution in [3.05, 3.63) is 59.4 Å². The Morgan fingerprint density at radius 3 is 2.65 bits per heavy atom. The summed E-state index contributed by atoms with van der Waals surface area (Å²) in [5.41, 5.74) is 0.690. The van der Waals surface area contributed by atoms with E-state index in [-0.39, 0.29) is 11.4 Å². The smallest absolute Gasteiger partial charge is 0.241 e. The lowest BCUT2D eigenvalue weighted by Crippen LogP contribution is -2.25. The number of nitrogens with zero attached hydrogens (tertiary/aromatic N) is 4. The molecule has 0 unspecified atom stereocenters. The number of tetrazole rings is 1. The van der Waals surface area contributed by atoms with Gasteiger partial charge in [0.25, 0.3) is 0 Å². The minimum Gasteiger partial charge on any atom is -0.494 e. The maximum atomic E-state index is 12.4. The summed E-state index contributed by atoms with van der Waals surface area (Å²) < 4.78 is 34.1. The zero-order valence-electron chi connectivity index (χ0n) is 13.8. The maximum Gasteiger partial charge on any atom is 0.241 e. The molecule has 8 nitrogen and oxygen atoms in total. The predicted octanol–water partition coefficient (Wildman–Crippen LogP) is 2.19. The van der Waals surface area contributed by atoms with Gasteiger partial charge in [0, 0.05) is 5.02 Å². The Balaban J connectivity index is 1.77. The van der Waals surface area contributed by atoms with E-state index in [0.29, 0.717) is 23.1 Å². The number of rotatable bonds is 7. The molecule has 0 aliphatic heterocycles. The molecule has 0 saturated carbocycles. The molecule has 136 valence electrons. The van der Waals surface area contributed by atoms with Crippen LogP contribution in [-0.4, -0.2) is 35.2 Å². The van der Waals surface area contributed by atoms with Gasteiger partial charge in [-0.15, -0.1) is 5.10 Å².